The summed E-state index contributed by atoms with van der Waals surface area (Å²) in [5.41, 5.74) is 3.16. The minimum Gasteiger partial charge on any atom is -0.394 e. The molecule has 0 aliphatic carbocycles. The van der Waals surface area contributed by atoms with E-state index in [-0.39, 0.29) is 30.5 Å². The van der Waals surface area contributed by atoms with Crippen LogP contribution in [0, 0.1) is 17.8 Å². The molecule has 0 spiro atoms. The number of benzene rings is 1. The van der Waals surface area contributed by atoms with Crippen LogP contribution in [0.4, 0.5) is 5.69 Å². The Morgan fingerprint density at radius 1 is 1.30 bits per heavy atom. The van der Waals surface area contributed by atoms with Crippen molar-refractivity contribution in [1.82, 2.24) is 5.32 Å². The molecule has 4 nitrogen and oxygen atoms in total. The van der Waals surface area contributed by atoms with Crippen molar-refractivity contribution in [3.05, 3.63) is 29.3 Å². The summed E-state index contributed by atoms with van der Waals surface area (Å²) in [6, 6.07) is 5.71. The minimum atomic E-state index is -0.268. The molecular formula is C23H34N2O2. The molecular weight excluding hydrogens is 336 g/mol. The summed E-state index contributed by atoms with van der Waals surface area (Å²) in [4.78, 5) is 14.8. The second-order valence-corrected chi connectivity index (χ2v) is 7.85. The lowest BCUT2D eigenvalue weighted by molar-refractivity contribution is -0.124. The highest BCUT2D eigenvalue weighted by Crippen LogP contribution is 2.28. The number of carbonyl (C=O) groups excluding carboxylic acids is 1. The van der Waals surface area contributed by atoms with Crippen molar-refractivity contribution in [1.29, 1.82) is 0 Å². The van der Waals surface area contributed by atoms with Crippen LogP contribution in [-0.4, -0.2) is 36.8 Å². The standard InChI is InChI=1S/C23H34N2O2/c1-5-6-7-8-9-10-11-18-12-13-19-15-20(16-26)24-23(27)22(17(2)3)25(4)21(19)14-18/h12-14,17,20,22,26H,5-9,15-16H2,1-4H3,(H,24,27)/t20-,22-/m0/s1. The zero-order valence-electron chi connectivity index (χ0n) is 17.2. The summed E-state index contributed by atoms with van der Waals surface area (Å²) in [5.74, 6) is 6.70. The zero-order valence-corrected chi connectivity index (χ0v) is 17.2. The normalized spacial score (nSPS) is 19.6. The van der Waals surface area contributed by atoms with Crippen molar-refractivity contribution in [3.63, 3.8) is 0 Å². The fourth-order valence-electron chi connectivity index (χ4n) is 3.74. The average Bonchev–Trinajstić information content (AvgIpc) is 2.63. The van der Waals surface area contributed by atoms with Crippen LogP contribution in [0.5, 0.6) is 0 Å². The zero-order chi connectivity index (χ0) is 19.8. The summed E-state index contributed by atoms with van der Waals surface area (Å²) < 4.78 is 0. The van der Waals surface area contributed by atoms with Crippen LogP contribution < -0.4 is 10.2 Å². The average molecular weight is 371 g/mol. The van der Waals surface area contributed by atoms with Gasteiger partial charge in [-0.05, 0) is 36.5 Å². The SMILES string of the molecule is CCCCCCC#Cc1ccc2c(c1)N(C)[C@@H](C(C)C)C(=O)N[C@H](CO)C2. The maximum absolute atomic E-state index is 12.7. The minimum absolute atomic E-state index is 0.0235. The molecule has 0 unspecified atom stereocenters. The molecule has 1 aromatic carbocycles. The first kappa shape index (κ1) is 21.3. The Kier molecular flexibility index (Phi) is 8.19. The molecule has 27 heavy (non-hydrogen) atoms. The number of rotatable bonds is 6. The number of nitrogens with zero attached hydrogens (tertiary/aromatic N) is 1. The van der Waals surface area contributed by atoms with Gasteiger partial charge in [-0.15, -0.1) is 0 Å². The van der Waals surface area contributed by atoms with E-state index in [9.17, 15) is 9.90 Å². The summed E-state index contributed by atoms with van der Waals surface area (Å²) in [6.07, 6.45) is 6.46. The van der Waals surface area contributed by atoms with Gasteiger partial charge < -0.3 is 15.3 Å². The van der Waals surface area contributed by atoms with Crippen LogP contribution in [0.3, 0.4) is 0 Å². The highest BCUT2D eigenvalue weighted by molar-refractivity contribution is 5.86. The van der Waals surface area contributed by atoms with Gasteiger partial charge in [0.15, 0.2) is 0 Å². The Hall–Kier alpha value is -1.99. The van der Waals surface area contributed by atoms with Gasteiger partial charge in [0.1, 0.15) is 6.04 Å². The van der Waals surface area contributed by atoms with Gasteiger partial charge in [-0.2, -0.15) is 0 Å². The van der Waals surface area contributed by atoms with Crippen molar-refractivity contribution in [2.75, 3.05) is 18.6 Å². The molecule has 2 atom stereocenters. The lowest BCUT2D eigenvalue weighted by Crippen LogP contribution is -2.54. The van der Waals surface area contributed by atoms with Crippen molar-refractivity contribution in [3.8, 4) is 11.8 Å². The van der Waals surface area contributed by atoms with Crippen LogP contribution in [0.1, 0.15) is 64.0 Å². The molecule has 0 bridgehead atoms. The van der Waals surface area contributed by atoms with Crippen LogP contribution in [0.25, 0.3) is 0 Å². The van der Waals surface area contributed by atoms with Gasteiger partial charge in [-0.1, -0.05) is 57.9 Å². The van der Waals surface area contributed by atoms with Crippen LogP contribution >= 0.6 is 0 Å². The maximum Gasteiger partial charge on any atom is 0.243 e. The van der Waals surface area contributed by atoms with Gasteiger partial charge in [0.2, 0.25) is 5.91 Å². The lowest BCUT2D eigenvalue weighted by Gasteiger charge is -2.37. The molecule has 0 saturated heterocycles. The van der Waals surface area contributed by atoms with E-state index in [0.717, 1.165) is 29.7 Å². The lowest BCUT2D eigenvalue weighted by atomic mass is 9.94. The third-order valence-corrected chi connectivity index (χ3v) is 5.20. The second kappa shape index (κ2) is 10.4. The maximum atomic E-state index is 12.7. The summed E-state index contributed by atoms with van der Waals surface area (Å²) in [6.45, 7) is 6.26. The molecule has 2 N–H and O–H groups in total. The van der Waals surface area contributed by atoms with E-state index in [1.807, 2.05) is 13.1 Å². The van der Waals surface area contributed by atoms with Crippen molar-refractivity contribution < 1.29 is 9.90 Å². The molecule has 148 valence electrons. The Balaban J connectivity index is 2.26. The third kappa shape index (κ3) is 5.74. The number of hydrogen-bond acceptors (Lipinski definition) is 3. The Labute approximate surface area is 164 Å². The molecule has 2 rings (SSSR count). The van der Waals surface area contributed by atoms with E-state index >= 15 is 0 Å². The number of aliphatic hydroxyl groups is 1. The Morgan fingerprint density at radius 2 is 2.07 bits per heavy atom. The number of nitrogens with one attached hydrogen (secondary N) is 1. The Morgan fingerprint density at radius 3 is 2.74 bits per heavy atom. The number of aliphatic hydroxyl groups excluding tert-OH is 1. The topological polar surface area (TPSA) is 52.6 Å². The van der Waals surface area contributed by atoms with Crippen molar-refractivity contribution in [2.45, 2.75) is 71.4 Å². The first-order valence-electron chi connectivity index (χ1n) is 10.2. The highest BCUT2D eigenvalue weighted by atomic mass is 16.3. The third-order valence-electron chi connectivity index (χ3n) is 5.20. The number of fused-ring (bicyclic) bond motifs is 1. The van der Waals surface area contributed by atoms with E-state index in [1.54, 1.807) is 0 Å². The largest absolute Gasteiger partial charge is 0.394 e. The highest BCUT2D eigenvalue weighted by Gasteiger charge is 2.32. The first-order valence-corrected chi connectivity index (χ1v) is 10.2. The predicted octanol–water partition coefficient (Wildman–Crippen LogP) is 3.50. The van der Waals surface area contributed by atoms with Gasteiger partial charge in [-0.3, -0.25) is 4.79 Å². The fourth-order valence-corrected chi connectivity index (χ4v) is 3.74. The van der Waals surface area contributed by atoms with Gasteiger partial charge >= 0.3 is 0 Å². The van der Waals surface area contributed by atoms with Gasteiger partial charge in [-0.25, -0.2) is 0 Å². The smallest absolute Gasteiger partial charge is 0.243 e. The fraction of sp³-hybridized carbons (Fsp3) is 0.609. The molecule has 1 aliphatic rings. The molecule has 0 aromatic heterocycles. The van der Waals surface area contributed by atoms with Gasteiger partial charge in [0.25, 0.3) is 0 Å². The molecule has 1 aromatic rings. The molecule has 0 fully saturated rings. The number of carbonyl (C=O) groups is 1. The monoisotopic (exact) mass is 370 g/mol. The number of hydrogen-bond donors (Lipinski definition) is 2. The van der Waals surface area contributed by atoms with Crippen LogP contribution in [-0.2, 0) is 11.2 Å². The summed E-state index contributed by atoms with van der Waals surface area (Å²) in [5, 5.41) is 12.6. The predicted molar refractivity (Wildman–Crippen MR) is 112 cm³/mol. The number of amides is 1. The van der Waals surface area contributed by atoms with Crippen LogP contribution in [0.2, 0.25) is 0 Å². The molecule has 0 saturated carbocycles. The number of anilines is 1. The van der Waals surface area contributed by atoms with E-state index in [4.69, 9.17) is 0 Å². The quantitative estimate of drug-likeness (QED) is 0.595. The van der Waals surface area contributed by atoms with Gasteiger partial charge in [0, 0.05) is 24.7 Å². The molecule has 1 aliphatic heterocycles. The summed E-state index contributed by atoms with van der Waals surface area (Å²) in [7, 11) is 1.98. The van der Waals surface area contributed by atoms with E-state index in [1.165, 1.54) is 19.3 Å². The van der Waals surface area contributed by atoms with E-state index in [0.29, 0.717) is 6.42 Å². The molecule has 1 heterocycles. The Bertz CT molecular complexity index is 687. The molecule has 0 radical (unpaired) electrons. The second-order valence-electron chi connectivity index (χ2n) is 7.85. The van der Waals surface area contributed by atoms with Crippen LogP contribution in [0.15, 0.2) is 18.2 Å². The number of unbranched alkanes of at least 4 members (excludes halogenated alkanes) is 4. The van der Waals surface area contributed by atoms with Crippen molar-refractivity contribution in [2.24, 2.45) is 5.92 Å². The number of likely N-dealkylation sites (N-methyl/N-ethyl adjacent to an activating group) is 1. The molecule has 1 amide bonds. The van der Waals surface area contributed by atoms with Gasteiger partial charge in [0.05, 0.1) is 12.6 Å². The van der Waals surface area contributed by atoms with E-state index < -0.39 is 0 Å². The van der Waals surface area contributed by atoms with Crippen molar-refractivity contribution >= 4 is 11.6 Å². The van der Waals surface area contributed by atoms with E-state index in [2.05, 4.69) is 55.0 Å². The first-order chi connectivity index (χ1) is 13.0. The molecule has 4 heteroatoms. The summed E-state index contributed by atoms with van der Waals surface area (Å²) >= 11 is 0.